The first kappa shape index (κ1) is 21.5. The lowest BCUT2D eigenvalue weighted by atomic mass is 10.0. The SMILES string of the molecule is Cc1cc(C)c(NC(=O)[C@@H](C)N(c2cc(Cl)ccc2Cl)S(C)(=O)=O)c(C)c1. The highest BCUT2D eigenvalue weighted by molar-refractivity contribution is 7.92. The van der Waals surface area contributed by atoms with E-state index >= 15 is 0 Å². The van der Waals surface area contributed by atoms with Gasteiger partial charge in [0.2, 0.25) is 15.9 Å². The average molecular weight is 429 g/mol. The van der Waals surface area contributed by atoms with Crippen molar-refractivity contribution in [2.24, 2.45) is 0 Å². The zero-order valence-electron chi connectivity index (χ0n) is 15.8. The van der Waals surface area contributed by atoms with E-state index in [-0.39, 0.29) is 10.7 Å². The maximum atomic E-state index is 12.9. The van der Waals surface area contributed by atoms with E-state index in [0.29, 0.717) is 10.7 Å². The van der Waals surface area contributed by atoms with Gasteiger partial charge in [0.25, 0.3) is 0 Å². The summed E-state index contributed by atoms with van der Waals surface area (Å²) in [6, 6.07) is 7.35. The Morgan fingerprint density at radius 3 is 2.15 bits per heavy atom. The summed E-state index contributed by atoms with van der Waals surface area (Å²) < 4.78 is 25.8. The number of nitrogens with one attached hydrogen (secondary N) is 1. The van der Waals surface area contributed by atoms with Crippen molar-refractivity contribution < 1.29 is 13.2 Å². The van der Waals surface area contributed by atoms with Gasteiger partial charge in [0.15, 0.2) is 0 Å². The molecule has 0 spiro atoms. The summed E-state index contributed by atoms with van der Waals surface area (Å²) in [6.45, 7) is 7.26. The molecule has 0 aliphatic carbocycles. The fourth-order valence-corrected chi connectivity index (χ4v) is 4.64. The Morgan fingerprint density at radius 1 is 1.07 bits per heavy atom. The number of nitrogens with zero attached hydrogens (tertiary/aromatic N) is 1. The standard InChI is InChI=1S/C19H22Cl2N2O3S/c1-11-8-12(2)18(13(3)9-11)22-19(24)14(4)23(27(5,25)26)17-10-15(20)6-7-16(17)21/h6-10,14H,1-5H3,(H,22,24)/t14-/m1/s1. The molecule has 146 valence electrons. The molecule has 0 saturated heterocycles. The van der Waals surface area contributed by atoms with Crippen molar-refractivity contribution in [2.75, 3.05) is 15.9 Å². The Kier molecular flexibility index (Phi) is 6.45. The second kappa shape index (κ2) is 8.09. The van der Waals surface area contributed by atoms with Gasteiger partial charge in [-0.15, -0.1) is 0 Å². The Morgan fingerprint density at radius 2 is 1.63 bits per heavy atom. The van der Waals surface area contributed by atoms with Crippen molar-refractivity contribution in [3.05, 3.63) is 57.1 Å². The smallest absolute Gasteiger partial charge is 0.248 e. The molecule has 1 amide bonds. The van der Waals surface area contributed by atoms with E-state index in [1.807, 2.05) is 32.9 Å². The molecule has 1 N–H and O–H groups in total. The van der Waals surface area contributed by atoms with Crippen LogP contribution in [0.4, 0.5) is 11.4 Å². The maximum Gasteiger partial charge on any atom is 0.248 e. The van der Waals surface area contributed by atoms with E-state index in [4.69, 9.17) is 23.2 Å². The molecule has 0 bridgehead atoms. The van der Waals surface area contributed by atoms with E-state index < -0.39 is 22.0 Å². The summed E-state index contributed by atoms with van der Waals surface area (Å²) in [4.78, 5) is 12.9. The first-order chi connectivity index (χ1) is 12.4. The molecule has 0 aliphatic heterocycles. The van der Waals surface area contributed by atoms with Crippen LogP contribution in [0.5, 0.6) is 0 Å². The van der Waals surface area contributed by atoms with E-state index in [1.54, 1.807) is 6.07 Å². The van der Waals surface area contributed by atoms with Gasteiger partial charge in [0.05, 0.1) is 17.0 Å². The fraction of sp³-hybridized carbons (Fsp3) is 0.316. The second-order valence-corrected chi connectivity index (χ2v) is 9.30. The third-order valence-electron chi connectivity index (χ3n) is 4.16. The van der Waals surface area contributed by atoms with Gasteiger partial charge in [-0.2, -0.15) is 0 Å². The Labute approximate surface area is 170 Å². The summed E-state index contributed by atoms with van der Waals surface area (Å²) in [7, 11) is -3.79. The van der Waals surface area contributed by atoms with Crippen molar-refractivity contribution in [2.45, 2.75) is 33.7 Å². The molecule has 8 heteroatoms. The van der Waals surface area contributed by atoms with Crippen LogP contribution in [0, 0.1) is 20.8 Å². The van der Waals surface area contributed by atoms with Gasteiger partial charge in [-0.1, -0.05) is 40.9 Å². The largest absolute Gasteiger partial charge is 0.324 e. The molecular formula is C19H22Cl2N2O3S. The monoisotopic (exact) mass is 428 g/mol. The quantitative estimate of drug-likeness (QED) is 0.749. The molecule has 0 radical (unpaired) electrons. The molecule has 0 fully saturated rings. The molecule has 0 aromatic heterocycles. The fourth-order valence-electron chi connectivity index (χ4n) is 3.04. The minimum atomic E-state index is -3.79. The highest BCUT2D eigenvalue weighted by Crippen LogP contribution is 2.32. The maximum absolute atomic E-state index is 12.9. The van der Waals surface area contributed by atoms with Crippen LogP contribution >= 0.6 is 23.2 Å². The number of amides is 1. The van der Waals surface area contributed by atoms with Gasteiger partial charge in [0.1, 0.15) is 6.04 Å². The van der Waals surface area contributed by atoms with Crippen LogP contribution in [-0.4, -0.2) is 26.6 Å². The Bertz CT molecular complexity index is 967. The van der Waals surface area contributed by atoms with Crippen LogP contribution in [0.25, 0.3) is 0 Å². The van der Waals surface area contributed by atoms with Crippen LogP contribution in [0.2, 0.25) is 10.0 Å². The third-order valence-corrected chi connectivity index (χ3v) is 5.94. The zero-order valence-corrected chi connectivity index (χ0v) is 18.1. The van der Waals surface area contributed by atoms with Gasteiger partial charge < -0.3 is 5.32 Å². The van der Waals surface area contributed by atoms with E-state index in [9.17, 15) is 13.2 Å². The highest BCUT2D eigenvalue weighted by Gasteiger charge is 2.31. The lowest BCUT2D eigenvalue weighted by Gasteiger charge is -2.29. The predicted molar refractivity (Wildman–Crippen MR) is 113 cm³/mol. The highest BCUT2D eigenvalue weighted by atomic mass is 35.5. The average Bonchev–Trinajstić information content (AvgIpc) is 2.52. The molecule has 1 atom stereocenters. The summed E-state index contributed by atoms with van der Waals surface area (Å²) in [6.07, 6.45) is 1.02. The molecule has 2 rings (SSSR count). The van der Waals surface area contributed by atoms with Crippen LogP contribution in [0.1, 0.15) is 23.6 Å². The van der Waals surface area contributed by atoms with Crippen LogP contribution in [-0.2, 0) is 14.8 Å². The van der Waals surface area contributed by atoms with Crippen molar-refractivity contribution in [3.8, 4) is 0 Å². The minimum absolute atomic E-state index is 0.159. The number of rotatable bonds is 5. The van der Waals surface area contributed by atoms with Crippen molar-refractivity contribution in [1.82, 2.24) is 0 Å². The number of halogens is 2. The summed E-state index contributed by atoms with van der Waals surface area (Å²) in [5.41, 5.74) is 3.72. The van der Waals surface area contributed by atoms with Gasteiger partial charge in [-0.3, -0.25) is 9.10 Å². The van der Waals surface area contributed by atoms with Gasteiger partial charge in [-0.05, 0) is 57.0 Å². The first-order valence-electron chi connectivity index (χ1n) is 8.25. The van der Waals surface area contributed by atoms with Crippen molar-refractivity contribution >= 4 is 50.5 Å². The molecule has 27 heavy (non-hydrogen) atoms. The van der Waals surface area contributed by atoms with E-state index in [1.165, 1.54) is 19.1 Å². The summed E-state index contributed by atoms with van der Waals surface area (Å²) in [5.74, 6) is -0.466. The number of hydrogen-bond donors (Lipinski definition) is 1. The molecular weight excluding hydrogens is 407 g/mol. The molecule has 2 aromatic rings. The van der Waals surface area contributed by atoms with Crippen molar-refractivity contribution in [3.63, 3.8) is 0 Å². The number of hydrogen-bond acceptors (Lipinski definition) is 3. The number of carbonyl (C=O) groups is 1. The lowest BCUT2D eigenvalue weighted by Crippen LogP contribution is -2.45. The van der Waals surface area contributed by atoms with E-state index in [2.05, 4.69) is 5.32 Å². The minimum Gasteiger partial charge on any atom is -0.324 e. The molecule has 0 unspecified atom stereocenters. The second-order valence-electron chi connectivity index (χ2n) is 6.59. The van der Waals surface area contributed by atoms with E-state index in [0.717, 1.165) is 27.3 Å². The van der Waals surface area contributed by atoms with Gasteiger partial charge in [0, 0.05) is 10.7 Å². The van der Waals surface area contributed by atoms with Crippen LogP contribution in [0.3, 0.4) is 0 Å². The third kappa shape index (κ3) is 4.94. The van der Waals surface area contributed by atoms with Crippen LogP contribution < -0.4 is 9.62 Å². The molecule has 5 nitrogen and oxygen atoms in total. The normalized spacial score (nSPS) is 12.6. The number of sulfonamides is 1. The number of anilines is 2. The number of carbonyl (C=O) groups excluding carboxylic acids is 1. The summed E-state index contributed by atoms with van der Waals surface area (Å²) in [5, 5.41) is 3.35. The Hall–Kier alpha value is -1.76. The van der Waals surface area contributed by atoms with Gasteiger partial charge >= 0.3 is 0 Å². The van der Waals surface area contributed by atoms with Crippen molar-refractivity contribution in [1.29, 1.82) is 0 Å². The molecule has 2 aromatic carbocycles. The molecule has 0 heterocycles. The summed E-state index contributed by atoms with van der Waals surface area (Å²) >= 11 is 12.2. The molecule has 0 aliphatic rings. The zero-order chi connectivity index (χ0) is 20.5. The predicted octanol–water partition coefficient (Wildman–Crippen LogP) is 4.71. The first-order valence-corrected chi connectivity index (χ1v) is 10.9. The van der Waals surface area contributed by atoms with Crippen LogP contribution in [0.15, 0.2) is 30.3 Å². The topological polar surface area (TPSA) is 66.5 Å². The van der Waals surface area contributed by atoms with Gasteiger partial charge in [-0.25, -0.2) is 8.42 Å². The Balaban J connectivity index is 2.43. The lowest BCUT2D eigenvalue weighted by molar-refractivity contribution is -0.116. The molecule has 0 saturated carbocycles. The number of benzene rings is 2. The number of aryl methyl sites for hydroxylation is 3.